The number of carbonyl (C=O) groups excluding carboxylic acids is 1. The van der Waals surface area contributed by atoms with Crippen LogP contribution in [0.1, 0.15) is 30.5 Å². The van der Waals surface area contributed by atoms with Gasteiger partial charge in [0.1, 0.15) is 5.75 Å². The second kappa shape index (κ2) is 10.3. The van der Waals surface area contributed by atoms with Crippen LogP contribution in [0.5, 0.6) is 5.75 Å². The number of rotatable bonds is 6. The van der Waals surface area contributed by atoms with Gasteiger partial charge in [-0.3, -0.25) is 0 Å². The Balaban J connectivity index is 1.81. The number of hydrogen-bond donors (Lipinski definition) is 0. The number of carbonyl (C=O) groups is 1. The van der Waals surface area contributed by atoms with E-state index < -0.39 is 17.8 Å². The molecule has 0 aliphatic heterocycles. The molecule has 3 aromatic carbocycles. The highest BCUT2D eigenvalue weighted by Gasteiger charge is 2.31. The summed E-state index contributed by atoms with van der Waals surface area (Å²) in [6.45, 7) is 6.94. The number of benzene rings is 3. The number of halogens is 4. The summed E-state index contributed by atoms with van der Waals surface area (Å²) < 4.78 is 47.4. The molecular weight excluding hydrogens is 489 g/mol. The molecule has 36 heavy (non-hydrogen) atoms. The van der Waals surface area contributed by atoms with E-state index in [-0.39, 0.29) is 11.6 Å². The van der Waals surface area contributed by atoms with Gasteiger partial charge in [0.2, 0.25) is 0 Å². The van der Waals surface area contributed by atoms with Crippen LogP contribution in [0.3, 0.4) is 0 Å². The smallest absolute Gasteiger partial charge is 0.410 e. The number of amides is 1. The summed E-state index contributed by atoms with van der Waals surface area (Å²) in [6.07, 6.45) is -3.10. The molecular formula is C28H26ClF3N2O2. The van der Waals surface area contributed by atoms with Gasteiger partial charge in [0, 0.05) is 47.3 Å². The Labute approximate surface area is 212 Å². The number of nitrogens with zero attached hydrogens (tertiary/aromatic N) is 2. The number of aryl methyl sites for hydroxylation is 1. The average Bonchev–Trinajstić information content (AvgIpc) is 3.24. The van der Waals surface area contributed by atoms with Crippen LogP contribution >= 0.6 is 11.6 Å². The highest BCUT2D eigenvalue weighted by atomic mass is 35.5. The van der Waals surface area contributed by atoms with Gasteiger partial charge in [-0.25, -0.2) is 4.79 Å². The molecule has 0 radical (unpaired) electrons. The number of hydrogen-bond acceptors (Lipinski definition) is 2. The minimum Gasteiger partial charge on any atom is -0.410 e. The lowest BCUT2D eigenvalue weighted by atomic mass is 9.99. The molecule has 0 aliphatic rings. The summed E-state index contributed by atoms with van der Waals surface area (Å²) >= 11 is 6.25. The normalized spacial score (nSPS) is 11.6. The van der Waals surface area contributed by atoms with Crippen LogP contribution in [0, 0.1) is 6.92 Å². The SMILES string of the molecule is CCN(CC)C(=O)Oc1ccc2c(ccn2Cc2cc(C(F)(F)F)ccc2Cl)c1-c1ccc(C)cc1. The highest BCUT2D eigenvalue weighted by Crippen LogP contribution is 2.39. The third kappa shape index (κ3) is 5.21. The molecule has 0 unspecified atom stereocenters. The third-order valence-corrected chi connectivity index (χ3v) is 6.56. The Bertz CT molecular complexity index is 1390. The van der Waals surface area contributed by atoms with E-state index in [2.05, 4.69) is 0 Å². The first-order valence-corrected chi connectivity index (χ1v) is 12.0. The fraction of sp³-hybridized carbons (Fsp3) is 0.250. The molecule has 0 spiro atoms. The minimum atomic E-state index is -4.46. The maximum atomic E-state index is 13.3. The Morgan fingerprint density at radius 3 is 2.33 bits per heavy atom. The van der Waals surface area contributed by atoms with Crippen LogP contribution in [0.25, 0.3) is 22.0 Å². The maximum Gasteiger partial charge on any atom is 0.416 e. The lowest BCUT2D eigenvalue weighted by molar-refractivity contribution is -0.137. The van der Waals surface area contributed by atoms with E-state index in [1.807, 2.05) is 55.7 Å². The highest BCUT2D eigenvalue weighted by molar-refractivity contribution is 6.31. The van der Waals surface area contributed by atoms with Crippen LogP contribution in [-0.2, 0) is 12.7 Å². The molecule has 0 aliphatic carbocycles. The van der Waals surface area contributed by atoms with Crippen molar-refractivity contribution >= 4 is 28.6 Å². The van der Waals surface area contributed by atoms with Crippen LogP contribution in [0.4, 0.5) is 18.0 Å². The van der Waals surface area contributed by atoms with E-state index in [4.69, 9.17) is 16.3 Å². The summed E-state index contributed by atoms with van der Waals surface area (Å²) in [6, 6.07) is 16.6. The molecule has 188 valence electrons. The zero-order valence-electron chi connectivity index (χ0n) is 20.2. The van der Waals surface area contributed by atoms with Crippen LogP contribution < -0.4 is 4.74 Å². The average molecular weight is 515 g/mol. The van der Waals surface area contributed by atoms with Crippen molar-refractivity contribution in [1.29, 1.82) is 0 Å². The first-order chi connectivity index (χ1) is 17.1. The van der Waals surface area contributed by atoms with Crippen molar-refractivity contribution in [3.05, 3.63) is 88.6 Å². The fourth-order valence-electron chi connectivity index (χ4n) is 4.19. The van der Waals surface area contributed by atoms with E-state index in [9.17, 15) is 18.0 Å². The summed E-state index contributed by atoms with van der Waals surface area (Å²) in [5.41, 5.74) is 3.08. The predicted octanol–water partition coefficient (Wildman–Crippen LogP) is 8.18. The van der Waals surface area contributed by atoms with Gasteiger partial charge in [-0.1, -0.05) is 41.4 Å². The largest absolute Gasteiger partial charge is 0.416 e. The second-order valence-electron chi connectivity index (χ2n) is 8.53. The lowest BCUT2D eigenvalue weighted by Gasteiger charge is -2.20. The maximum absolute atomic E-state index is 13.3. The molecule has 4 aromatic rings. The first-order valence-electron chi connectivity index (χ1n) is 11.6. The molecule has 0 saturated carbocycles. The van der Waals surface area contributed by atoms with Crippen molar-refractivity contribution in [2.45, 2.75) is 33.5 Å². The van der Waals surface area contributed by atoms with Crippen LogP contribution in [0.15, 0.2) is 66.9 Å². The molecule has 0 bridgehead atoms. The van der Waals surface area contributed by atoms with Gasteiger partial charge in [0.05, 0.1) is 5.56 Å². The first kappa shape index (κ1) is 25.6. The monoisotopic (exact) mass is 514 g/mol. The molecule has 0 N–H and O–H groups in total. The fourth-order valence-corrected chi connectivity index (χ4v) is 4.37. The van der Waals surface area contributed by atoms with Crippen LogP contribution in [0.2, 0.25) is 5.02 Å². The van der Waals surface area contributed by atoms with Crippen molar-refractivity contribution in [2.24, 2.45) is 0 Å². The van der Waals surface area contributed by atoms with Gasteiger partial charge in [0.15, 0.2) is 0 Å². The molecule has 8 heteroatoms. The molecule has 0 saturated heterocycles. The molecule has 0 fully saturated rings. The van der Waals surface area contributed by atoms with Gasteiger partial charge < -0.3 is 14.2 Å². The Morgan fingerprint density at radius 2 is 1.69 bits per heavy atom. The van der Waals surface area contributed by atoms with E-state index in [1.165, 1.54) is 6.07 Å². The van der Waals surface area contributed by atoms with Crippen LogP contribution in [-0.4, -0.2) is 28.6 Å². The quantitative estimate of drug-likeness (QED) is 0.260. The Kier molecular flexibility index (Phi) is 7.31. The van der Waals surface area contributed by atoms with Crippen molar-refractivity contribution in [3.8, 4) is 16.9 Å². The minimum absolute atomic E-state index is 0.151. The van der Waals surface area contributed by atoms with E-state index in [1.54, 1.807) is 23.2 Å². The molecule has 1 amide bonds. The van der Waals surface area contributed by atoms with E-state index in [0.29, 0.717) is 24.4 Å². The van der Waals surface area contributed by atoms with Crippen molar-refractivity contribution in [2.75, 3.05) is 13.1 Å². The zero-order chi connectivity index (χ0) is 26.0. The molecule has 4 rings (SSSR count). The second-order valence-corrected chi connectivity index (χ2v) is 8.93. The van der Waals surface area contributed by atoms with Gasteiger partial charge in [0.25, 0.3) is 0 Å². The Morgan fingerprint density at radius 1 is 1.00 bits per heavy atom. The summed E-state index contributed by atoms with van der Waals surface area (Å²) in [5, 5.41) is 1.07. The molecule has 1 heterocycles. The van der Waals surface area contributed by atoms with Gasteiger partial charge in [-0.2, -0.15) is 13.2 Å². The molecule has 4 nitrogen and oxygen atoms in total. The predicted molar refractivity (Wildman–Crippen MR) is 137 cm³/mol. The van der Waals surface area contributed by atoms with E-state index in [0.717, 1.165) is 39.7 Å². The molecule has 0 atom stereocenters. The third-order valence-electron chi connectivity index (χ3n) is 6.19. The Hall–Kier alpha value is -3.45. The number of aromatic nitrogens is 1. The number of alkyl halides is 3. The van der Waals surface area contributed by atoms with Crippen molar-refractivity contribution < 1.29 is 22.7 Å². The van der Waals surface area contributed by atoms with Gasteiger partial charge in [-0.05, 0) is 68.3 Å². The van der Waals surface area contributed by atoms with Crippen molar-refractivity contribution in [1.82, 2.24) is 9.47 Å². The molecule has 1 aromatic heterocycles. The van der Waals surface area contributed by atoms with Gasteiger partial charge >= 0.3 is 12.3 Å². The topological polar surface area (TPSA) is 34.5 Å². The van der Waals surface area contributed by atoms with Gasteiger partial charge in [-0.15, -0.1) is 0 Å². The lowest BCUT2D eigenvalue weighted by Crippen LogP contribution is -2.33. The van der Waals surface area contributed by atoms with Crippen molar-refractivity contribution in [3.63, 3.8) is 0 Å². The summed E-state index contributed by atoms with van der Waals surface area (Å²) in [4.78, 5) is 14.3. The van der Waals surface area contributed by atoms with E-state index >= 15 is 0 Å². The summed E-state index contributed by atoms with van der Waals surface area (Å²) in [7, 11) is 0. The zero-order valence-corrected chi connectivity index (χ0v) is 21.0. The summed E-state index contributed by atoms with van der Waals surface area (Å²) in [5.74, 6) is 0.415. The number of fused-ring (bicyclic) bond motifs is 1. The standard InChI is InChI=1S/C28H26ClF3N2O2/c1-4-33(5-2)27(35)36-25-13-12-24-22(26(25)19-8-6-18(3)7-9-19)14-15-34(24)17-20-16-21(28(30,31)32)10-11-23(20)29/h6-16H,4-5,17H2,1-3H3. The number of ether oxygens (including phenoxy) is 1.